The Hall–Kier alpha value is -2.07. The minimum Gasteiger partial charge on any atom is -0.384 e. The van der Waals surface area contributed by atoms with Gasteiger partial charge >= 0.3 is 0 Å². The molecule has 84 valence electrons. The van der Waals surface area contributed by atoms with Crippen LogP contribution < -0.4 is 5.73 Å². The topological polar surface area (TPSA) is 56.2 Å². The van der Waals surface area contributed by atoms with Gasteiger partial charge in [0.05, 0.1) is 5.69 Å². The summed E-state index contributed by atoms with van der Waals surface area (Å²) in [7, 11) is 0. The zero-order valence-electron chi connectivity index (χ0n) is 8.84. The second-order valence-corrected chi connectivity index (χ2v) is 4.12. The number of aromatic nitrogens is 3. The van der Waals surface area contributed by atoms with Crippen molar-refractivity contribution in [1.29, 1.82) is 0 Å². The predicted molar refractivity (Wildman–Crippen MR) is 67.8 cm³/mol. The van der Waals surface area contributed by atoms with Crippen molar-refractivity contribution in [2.24, 2.45) is 0 Å². The highest BCUT2D eigenvalue weighted by atomic mass is 35.5. The lowest BCUT2D eigenvalue weighted by atomic mass is 10.2. The van der Waals surface area contributed by atoms with E-state index in [0.29, 0.717) is 10.8 Å². The lowest BCUT2D eigenvalue weighted by molar-refractivity contribution is 0.956. The van der Waals surface area contributed by atoms with Gasteiger partial charge in [-0.25, -0.2) is 4.98 Å². The van der Waals surface area contributed by atoms with Crippen LogP contribution in [-0.2, 0) is 0 Å². The van der Waals surface area contributed by atoms with E-state index in [9.17, 15) is 0 Å². The summed E-state index contributed by atoms with van der Waals surface area (Å²) in [5, 5.41) is 5.08. The maximum atomic E-state index is 5.95. The molecule has 4 nitrogen and oxygen atoms in total. The molecular formula is C12H9ClN4. The van der Waals surface area contributed by atoms with Crippen LogP contribution >= 0.6 is 11.6 Å². The van der Waals surface area contributed by atoms with Gasteiger partial charge in [-0.15, -0.1) is 0 Å². The molecule has 0 amide bonds. The molecule has 0 aliphatic carbocycles. The molecule has 0 unspecified atom stereocenters. The number of hydrogen-bond donors (Lipinski definition) is 1. The van der Waals surface area contributed by atoms with E-state index in [4.69, 9.17) is 17.3 Å². The molecule has 0 fully saturated rings. The maximum Gasteiger partial charge on any atom is 0.157 e. The molecule has 3 aromatic rings. The third-order valence-corrected chi connectivity index (χ3v) is 2.74. The molecule has 3 rings (SSSR count). The predicted octanol–water partition coefficient (Wildman–Crippen LogP) is 2.63. The molecule has 17 heavy (non-hydrogen) atoms. The largest absolute Gasteiger partial charge is 0.384 e. The molecule has 0 saturated heterocycles. The van der Waals surface area contributed by atoms with Crippen LogP contribution in [0.1, 0.15) is 0 Å². The van der Waals surface area contributed by atoms with Crippen molar-refractivity contribution in [2.75, 3.05) is 5.73 Å². The van der Waals surface area contributed by atoms with Gasteiger partial charge in [-0.3, -0.25) is 0 Å². The highest BCUT2D eigenvalue weighted by Gasteiger charge is 2.06. The number of halogens is 1. The molecule has 0 spiro atoms. The molecule has 0 bridgehead atoms. The highest BCUT2D eigenvalue weighted by Crippen LogP contribution is 2.22. The summed E-state index contributed by atoms with van der Waals surface area (Å²) in [6, 6.07) is 11.1. The molecule has 2 heterocycles. The molecular weight excluding hydrogens is 236 g/mol. The Balaban J connectivity index is 2.22. The summed E-state index contributed by atoms with van der Waals surface area (Å²) >= 11 is 5.95. The summed E-state index contributed by atoms with van der Waals surface area (Å²) in [5.41, 5.74) is 8.28. The average molecular weight is 245 g/mol. The Morgan fingerprint density at radius 1 is 1.18 bits per heavy atom. The number of hydrogen-bond acceptors (Lipinski definition) is 3. The Bertz CT molecular complexity index is 690. The fourth-order valence-corrected chi connectivity index (χ4v) is 1.89. The molecule has 1 aromatic carbocycles. The monoisotopic (exact) mass is 244 g/mol. The van der Waals surface area contributed by atoms with E-state index in [0.717, 1.165) is 16.9 Å². The number of benzene rings is 1. The van der Waals surface area contributed by atoms with Crippen LogP contribution in [0.2, 0.25) is 5.02 Å². The Morgan fingerprint density at radius 3 is 2.82 bits per heavy atom. The van der Waals surface area contributed by atoms with Crippen LogP contribution in [0.25, 0.3) is 16.9 Å². The number of nitrogens with two attached hydrogens (primary N) is 1. The van der Waals surface area contributed by atoms with Crippen molar-refractivity contribution in [3.05, 3.63) is 47.6 Å². The van der Waals surface area contributed by atoms with Crippen LogP contribution in [0, 0.1) is 0 Å². The number of nitrogen functional groups attached to an aromatic ring is 1. The van der Waals surface area contributed by atoms with Crippen LogP contribution in [0.4, 0.5) is 5.82 Å². The van der Waals surface area contributed by atoms with Crippen molar-refractivity contribution < 1.29 is 0 Å². The van der Waals surface area contributed by atoms with Gasteiger partial charge in [-0.05, 0) is 18.2 Å². The van der Waals surface area contributed by atoms with E-state index >= 15 is 0 Å². The van der Waals surface area contributed by atoms with E-state index in [1.807, 2.05) is 30.3 Å². The summed E-state index contributed by atoms with van der Waals surface area (Å²) in [6.45, 7) is 0. The Labute approximate surface area is 103 Å². The first-order chi connectivity index (χ1) is 8.24. The van der Waals surface area contributed by atoms with Crippen molar-refractivity contribution in [1.82, 2.24) is 14.6 Å². The van der Waals surface area contributed by atoms with Gasteiger partial charge in [-0.1, -0.05) is 23.7 Å². The van der Waals surface area contributed by atoms with E-state index in [1.165, 1.54) is 0 Å². The molecule has 0 aliphatic rings. The zero-order chi connectivity index (χ0) is 11.8. The van der Waals surface area contributed by atoms with Crippen molar-refractivity contribution in [3.8, 4) is 11.3 Å². The minimum atomic E-state index is 0.559. The fraction of sp³-hybridized carbons (Fsp3) is 0. The smallest absolute Gasteiger partial charge is 0.157 e. The van der Waals surface area contributed by atoms with Crippen molar-refractivity contribution in [2.45, 2.75) is 0 Å². The standard InChI is InChI=1S/C12H9ClN4/c13-9-3-1-2-8(6-9)10-7-12-15-5-4-11(14)17(12)16-10/h1-7H,14H2. The van der Waals surface area contributed by atoms with Gasteiger partial charge in [0.2, 0.25) is 0 Å². The van der Waals surface area contributed by atoms with Gasteiger partial charge in [0, 0.05) is 22.8 Å². The van der Waals surface area contributed by atoms with Gasteiger partial charge in [0.15, 0.2) is 5.65 Å². The van der Waals surface area contributed by atoms with Crippen LogP contribution in [0.15, 0.2) is 42.6 Å². The first kappa shape index (κ1) is 10.1. The minimum absolute atomic E-state index is 0.559. The summed E-state index contributed by atoms with van der Waals surface area (Å²) < 4.78 is 1.61. The third-order valence-electron chi connectivity index (χ3n) is 2.51. The summed E-state index contributed by atoms with van der Waals surface area (Å²) in [6.07, 6.45) is 1.66. The van der Waals surface area contributed by atoms with Crippen LogP contribution in [-0.4, -0.2) is 14.6 Å². The zero-order valence-corrected chi connectivity index (χ0v) is 9.59. The van der Waals surface area contributed by atoms with Crippen molar-refractivity contribution >= 4 is 23.1 Å². The van der Waals surface area contributed by atoms with Gasteiger partial charge in [-0.2, -0.15) is 9.61 Å². The first-order valence-corrected chi connectivity index (χ1v) is 5.48. The van der Waals surface area contributed by atoms with Crippen molar-refractivity contribution in [3.63, 3.8) is 0 Å². The van der Waals surface area contributed by atoms with Gasteiger partial charge in [0.25, 0.3) is 0 Å². The normalized spacial score (nSPS) is 10.9. The second kappa shape index (κ2) is 3.75. The summed E-state index contributed by atoms with van der Waals surface area (Å²) in [4.78, 5) is 4.20. The van der Waals surface area contributed by atoms with E-state index in [-0.39, 0.29) is 0 Å². The number of anilines is 1. The average Bonchev–Trinajstić information content (AvgIpc) is 2.74. The van der Waals surface area contributed by atoms with E-state index < -0.39 is 0 Å². The second-order valence-electron chi connectivity index (χ2n) is 3.68. The van der Waals surface area contributed by atoms with E-state index in [1.54, 1.807) is 16.8 Å². The molecule has 2 N–H and O–H groups in total. The molecule has 0 atom stereocenters. The lowest BCUT2D eigenvalue weighted by Gasteiger charge is -1.97. The SMILES string of the molecule is Nc1ccnc2cc(-c3cccc(Cl)c3)nn12. The molecule has 0 saturated carbocycles. The van der Waals surface area contributed by atoms with Gasteiger partial charge in [0.1, 0.15) is 5.82 Å². The lowest BCUT2D eigenvalue weighted by Crippen LogP contribution is -1.98. The molecule has 2 aromatic heterocycles. The van der Waals surface area contributed by atoms with Crippen LogP contribution in [0.3, 0.4) is 0 Å². The first-order valence-electron chi connectivity index (χ1n) is 5.10. The molecule has 0 radical (unpaired) electrons. The van der Waals surface area contributed by atoms with E-state index in [2.05, 4.69) is 10.1 Å². The third kappa shape index (κ3) is 1.72. The Kier molecular flexibility index (Phi) is 2.23. The summed E-state index contributed by atoms with van der Waals surface area (Å²) in [5.74, 6) is 0.559. The Morgan fingerprint density at radius 2 is 2.06 bits per heavy atom. The van der Waals surface area contributed by atoms with Gasteiger partial charge < -0.3 is 5.73 Å². The molecule has 0 aliphatic heterocycles. The van der Waals surface area contributed by atoms with Crippen LogP contribution in [0.5, 0.6) is 0 Å². The number of fused-ring (bicyclic) bond motifs is 1. The molecule has 5 heteroatoms. The highest BCUT2D eigenvalue weighted by molar-refractivity contribution is 6.30. The fourth-order valence-electron chi connectivity index (χ4n) is 1.70. The number of rotatable bonds is 1. The maximum absolute atomic E-state index is 5.95. The number of nitrogens with zero attached hydrogens (tertiary/aromatic N) is 3. The quantitative estimate of drug-likeness (QED) is 0.716.